The van der Waals surface area contributed by atoms with E-state index in [2.05, 4.69) is 5.32 Å². The number of hydrogen-bond acceptors (Lipinski definition) is 3. The molecule has 1 atom stereocenters. The first-order valence-corrected chi connectivity index (χ1v) is 8.61. The fraction of sp³-hybridized carbons (Fsp3) is 0.500. The Balaban J connectivity index is 2.60. The quantitative estimate of drug-likeness (QED) is 0.831. The zero-order valence-electron chi connectivity index (χ0n) is 12.5. The maximum Gasteiger partial charge on any atom is 0.251 e. The van der Waals surface area contributed by atoms with Crippen molar-refractivity contribution in [2.24, 2.45) is 0 Å². The Labute approximate surface area is 125 Å². The average Bonchev–Trinajstić information content (AvgIpc) is 2.41. The van der Waals surface area contributed by atoms with E-state index in [1.807, 2.05) is 13.8 Å². The van der Waals surface area contributed by atoms with Gasteiger partial charge < -0.3 is 5.32 Å². The average molecular weight is 316 g/mol. The minimum atomic E-state index is -3.32. The van der Waals surface area contributed by atoms with E-state index >= 15 is 0 Å². The summed E-state index contributed by atoms with van der Waals surface area (Å²) in [5.74, 6) is -0.910. The molecular weight excluding hydrogens is 295 g/mol. The number of nitrogens with zero attached hydrogens (tertiary/aromatic N) is 1. The lowest BCUT2D eigenvalue weighted by atomic mass is 10.2. The first-order chi connectivity index (χ1) is 9.75. The van der Waals surface area contributed by atoms with Crippen molar-refractivity contribution in [3.63, 3.8) is 0 Å². The minimum Gasteiger partial charge on any atom is -0.351 e. The standard InChI is InChI=1S/C14H21FN2O3S/c1-4-11(2)17(21(3,19)20)9-8-16-14(18)12-6-5-7-13(15)10-12/h5-7,10-11H,4,8-9H2,1-3H3,(H,16,18). The zero-order valence-corrected chi connectivity index (χ0v) is 13.3. The van der Waals surface area contributed by atoms with E-state index < -0.39 is 21.7 Å². The molecule has 1 N–H and O–H groups in total. The molecule has 5 nitrogen and oxygen atoms in total. The smallest absolute Gasteiger partial charge is 0.251 e. The fourth-order valence-corrected chi connectivity index (χ4v) is 3.15. The third-order valence-electron chi connectivity index (χ3n) is 3.21. The van der Waals surface area contributed by atoms with Crippen LogP contribution in [0.15, 0.2) is 24.3 Å². The lowest BCUT2D eigenvalue weighted by molar-refractivity contribution is 0.0950. The van der Waals surface area contributed by atoms with Crippen molar-refractivity contribution in [2.45, 2.75) is 26.3 Å². The number of hydrogen-bond donors (Lipinski definition) is 1. The van der Waals surface area contributed by atoms with Crippen molar-refractivity contribution in [1.82, 2.24) is 9.62 Å². The number of benzene rings is 1. The van der Waals surface area contributed by atoms with Gasteiger partial charge in [0.15, 0.2) is 0 Å². The first kappa shape index (κ1) is 17.6. The third-order valence-corrected chi connectivity index (χ3v) is 4.61. The van der Waals surface area contributed by atoms with Crippen molar-refractivity contribution >= 4 is 15.9 Å². The van der Waals surface area contributed by atoms with Crippen LogP contribution >= 0.6 is 0 Å². The molecule has 1 rings (SSSR count). The summed E-state index contributed by atoms with van der Waals surface area (Å²) >= 11 is 0. The highest BCUT2D eigenvalue weighted by atomic mass is 32.2. The van der Waals surface area contributed by atoms with Gasteiger partial charge in [-0.05, 0) is 31.5 Å². The molecule has 0 aliphatic carbocycles. The summed E-state index contributed by atoms with van der Waals surface area (Å²) in [6.07, 6.45) is 1.83. The van der Waals surface area contributed by atoms with Crippen LogP contribution in [-0.2, 0) is 10.0 Å². The maximum absolute atomic E-state index is 13.0. The Bertz CT molecular complexity index is 590. The van der Waals surface area contributed by atoms with Crippen LogP contribution in [-0.4, -0.2) is 44.0 Å². The Kier molecular flexibility index (Phi) is 6.29. The maximum atomic E-state index is 13.0. The molecule has 1 aromatic carbocycles. The molecule has 1 unspecified atom stereocenters. The lowest BCUT2D eigenvalue weighted by Crippen LogP contribution is -2.42. The zero-order chi connectivity index (χ0) is 16.0. The van der Waals surface area contributed by atoms with Gasteiger partial charge in [0, 0.05) is 24.7 Å². The predicted molar refractivity (Wildman–Crippen MR) is 80.0 cm³/mol. The highest BCUT2D eigenvalue weighted by Gasteiger charge is 2.21. The second-order valence-corrected chi connectivity index (χ2v) is 6.83. The minimum absolute atomic E-state index is 0.133. The van der Waals surface area contributed by atoms with Gasteiger partial charge in [-0.2, -0.15) is 4.31 Å². The summed E-state index contributed by atoms with van der Waals surface area (Å²) in [7, 11) is -3.32. The normalized spacial score (nSPS) is 13.2. The third kappa shape index (κ3) is 5.43. The number of nitrogens with one attached hydrogen (secondary N) is 1. The largest absolute Gasteiger partial charge is 0.351 e. The van der Waals surface area contributed by atoms with Gasteiger partial charge in [0.2, 0.25) is 10.0 Å². The second-order valence-electron chi connectivity index (χ2n) is 4.90. The molecule has 0 radical (unpaired) electrons. The number of carbonyl (C=O) groups excluding carboxylic acids is 1. The van der Waals surface area contributed by atoms with E-state index in [-0.39, 0.29) is 24.7 Å². The predicted octanol–water partition coefficient (Wildman–Crippen LogP) is 1.62. The molecule has 0 saturated carbocycles. The lowest BCUT2D eigenvalue weighted by Gasteiger charge is -2.25. The van der Waals surface area contributed by atoms with Gasteiger partial charge in [0.25, 0.3) is 5.91 Å². The summed E-state index contributed by atoms with van der Waals surface area (Å²) in [5.41, 5.74) is 0.212. The monoisotopic (exact) mass is 316 g/mol. The van der Waals surface area contributed by atoms with Crippen LogP contribution in [0.1, 0.15) is 30.6 Å². The van der Waals surface area contributed by atoms with E-state index in [1.165, 1.54) is 22.5 Å². The molecule has 7 heteroatoms. The van der Waals surface area contributed by atoms with Crippen LogP contribution in [0.4, 0.5) is 4.39 Å². The van der Waals surface area contributed by atoms with Crippen LogP contribution in [0.5, 0.6) is 0 Å². The molecule has 118 valence electrons. The first-order valence-electron chi connectivity index (χ1n) is 6.76. The van der Waals surface area contributed by atoms with Gasteiger partial charge in [0.1, 0.15) is 5.82 Å². The Morgan fingerprint density at radius 1 is 1.43 bits per heavy atom. The van der Waals surface area contributed by atoms with Gasteiger partial charge in [-0.15, -0.1) is 0 Å². The van der Waals surface area contributed by atoms with Gasteiger partial charge in [-0.1, -0.05) is 13.0 Å². The molecule has 0 fully saturated rings. The number of carbonyl (C=O) groups is 1. The molecule has 1 amide bonds. The van der Waals surface area contributed by atoms with Crippen molar-refractivity contribution < 1.29 is 17.6 Å². The summed E-state index contributed by atoms with van der Waals surface area (Å²) in [6, 6.07) is 5.21. The molecular formula is C14H21FN2O3S. The van der Waals surface area contributed by atoms with Crippen molar-refractivity contribution in [3.05, 3.63) is 35.6 Å². The second kappa shape index (κ2) is 7.51. The van der Waals surface area contributed by atoms with Gasteiger partial charge in [-0.3, -0.25) is 4.79 Å². The van der Waals surface area contributed by atoms with Crippen LogP contribution in [0.25, 0.3) is 0 Å². The van der Waals surface area contributed by atoms with Crippen molar-refractivity contribution in [1.29, 1.82) is 0 Å². The highest BCUT2D eigenvalue weighted by Crippen LogP contribution is 2.08. The van der Waals surface area contributed by atoms with Gasteiger partial charge >= 0.3 is 0 Å². The number of sulfonamides is 1. The molecule has 0 aliphatic heterocycles. The van der Waals surface area contributed by atoms with Crippen LogP contribution in [0.3, 0.4) is 0 Å². The van der Waals surface area contributed by atoms with Crippen LogP contribution < -0.4 is 5.32 Å². The topological polar surface area (TPSA) is 66.5 Å². The van der Waals surface area contributed by atoms with E-state index in [0.29, 0.717) is 6.42 Å². The molecule has 0 heterocycles. The number of rotatable bonds is 7. The van der Waals surface area contributed by atoms with E-state index in [1.54, 1.807) is 0 Å². The summed E-state index contributed by atoms with van der Waals surface area (Å²) in [5, 5.41) is 2.60. The number of amides is 1. The Hall–Kier alpha value is -1.47. The Morgan fingerprint density at radius 3 is 2.62 bits per heavy atom. The summed E-state index contributed by atoms with van der Waals surface area (Å²) in [6.45, 7) is 4.07. The van der Waals surface area contributed by atoms with Gasteiger partial charge in [-0.25, -0.2) is 12.8 Å². The molecule has 1 aromatic rings. The van der Waals surface area contributed by atoms with Crippen molar-refractivity contribution in [2.75, 3.05) is 19.3 Å². The van der Waals surface area contributed by atoms with Crippen molar-refractivity contribution in [3.8, 4) is 0 Å². The van der Waals surface area contributed by atoms with Gasteiger partial charge in [0.05, 0.1) is 6.26 Å². The Morgan fingerprint density at radius 2 is 2.10 bits per heavy atom. The summed E-state index contributed by atoms with van der Waals surface area (Å²) in [4.78, 5) is 11.8. The molecule has 0 spiro atoms. The van der Waals surface area contributed by atoms with E-state index in [9.17, 15) is 17.6 Å². The van der Waals surface area contributed by atoms with Crippen LogP contribution in [0, 0.1) is 5.82 Å². The fourth-order valence-electron chi connectivity index (χ4n) is 1.93. The molecule has 21 heavy (non-hydrogen) atoms. The SMILES string of the molecule is CCC(C)N(CCNC(=O)c1cccc(F)c1)S(C)(=O)=O. The molecule has 0 saturated heterocycles. The van der Waals surface area contributed by atoms with Crippen LogP contribution in [0.2, 0.25) is 0 Å². The summed E-state index contributed by atoms with van der Waals surface area (Å²) < 4.78 is 37.7. The van der Waals surface area contributed by atoms with E-state index in [4.69, 9.17) is 0 Å². The molecule has 0 aliphatic rings. The molecule has 0 aromatic heterocycles. The number of halogens is 1. The highest BCUT2D eigenvalue weighted by molar-refractivity contribution is 7.88. The molecule has 0 bridgehead atoms. The van der Waals surface area contributed by atoms with E-state index in [0.717, 1.165) is 12.3 Å².